The lowest BCUT2D eigenvalue weighted by molar-refractivity contribution is -0.136. The molecule has 4 fully saturated rings. The minimum atomic E-state index is -0.517. The van der Waals surface area contributed by atoms with Gasteiger partial charge in [-0.1, -0.05) is 38.9 Å². The molecule has 1 amide bonds. The van der Waals surface area contributed by atoms with Gasteiger partial charge in [-0.2, -0.15) is 5.10 Å². The monoisotopic (exact) mass is 486 g/mol. The standard InChI is InChI=1S/C27H42N4O4/c1-17(2)15-34-25-22(14-28-31(25)8-7-26(5,6)16-35-30-18(3)4)24(32)29-23-20-9-19-10-21(23)13-27(33,11-19)12-20/h7-8,14,17,19-21,23,33H,9-13,15-16H2,1-6H3,(H,29,32). The van der Waals surface area contributed by atoms with Crippen LogP contribution in [0.5, 0.6) is 5.88 Å². The number of ether oxygens (including phenoxy) is 1. The molecule has 0 aromatic carbocycles. The quantitative estimate of drug-likeness (QED) is 0.375. The molecule has 2 atom stereocenters. The van der Waals surface area contributed by atoms with Crippen LogP contribution in [-0.2, 0) is 4.84 Å². The number of hydrogen-bond donors (Lipinski definition) is 2. The van der Waals surface area contributed by atoms with Gasteiger partial charge in [0.1, 0.15) is 12.2 Å². The van der Waals surface area contributed by atoms with Crippen LogP contribution in [0, 0.1) is 29.1 Å². The highest BCUT2D eigenvalue weighted by Crippen LogP contribution is 2.55. The van der Waals surface area contributed by atoms with Crippen molar-refractivity contribution in [2.24, 2.45) is 34.2 Å². The van der Waals surface area contributed by atoms with Crippen LogP contribution in [0.15, 0.2) is 17.4 Å². The van der Waals surface area contributed by atoms with Crippen molar-refractivity contribution in [3.63, 3.8) is 0 Å². The molecule has 1 aromatic rings. The highest BCUT2D eigenvalue weighted by molar-refractivity contribution is 5.96. The second kappa shape index (κ2) is 9.96. The maximum atomic E-state index is 13.4. The van der Waals surface area contributed by atoms with Gasteiger partial charge in [0.15, 0.2) is 0 Å². The van der Waals surface area contributed by atoms with Crippen molar-refractivity contribution in [3.05, 3.63) is 17.8 Å². The van der Waals surface area contributed by atoms with Crippen LogP contribution in [-0.4, -0.2) is 51.4 Å². The molecule has 5 rings (SSSR count). The third-order valence-electron chi connectivity index (χ3n) is 7.44. The van der Waals surface area contributed by atoms with Crippen LogP contribution in [0.1, 0.15) is 84.0 Å². The summed E-state index contributed by atoms with van der Waals surface area (Å²) in [7, 11) is 0. The van der Waals surface area contributed by atoms with Crippen LogP contribution >= 0.6 is 0 Å². The zero-order valence-electron chi connectivity index (χ0n) is 22.1. The smallest absolute Gasteiger partial charge is 0.258 e. The first-order valence-corrected chi connectivity index (χ1v) is 13.0. The van der Waals surface area contributed by atoms with Gasteiger partial charge in [0, 0.05) is 17.7 Å². The molecule has 8 nitrogen and oxygen atoms in total. The van der Waals surface area contributed by atoms with Crippen LogP contribution in [0.4, 0.5) is 0 Å². The van der Waals surface area contributed by atoms with E-state index in [2.05, 4.69) is 43.3 Å². The Balaban J connectivity index is 1.49. The van der Waals surface area contributed by atoms with Gasteiger partial charge in [-0.3, -0.25) is 4.79 Å². The number of aliphatic hydroxyl groups is 1. The molecule has 0 aliphatic heterocycles. The van der Waals surface area contributed by atoms with Crippen LogP contribution < -0.4 is 10.1 Å². The second-order valence-corrected chi connectivity index (χ2v) is 12.3. The Morgan fingerprint density at radius 3 is 2.60 bits per heavy atom. The molecule has 35 heavy (non-hydrogen) atoms. The zero-order chi connectivity index (χ0) is 25.4. The largest absolute Gasteiger partial charge is 0.477 e. The molecule has 0 radical (unpaired) electrons. The van der Waals surface area contributed by atoms with E-state index in [1.807, 2.05) is 26.1 Å². The molecular weight excluding hydrogens is 444 g/mol. The molecule has 4 aliphatic rings. The van der Waals surface area contributed by atoms with E-state index in [-0.39, 0.29) is 17.4 Å². The van der Waals surface area contributed by atoms with Crippen LogP contribution in [0.25, 0.3) is 6.20 Å². The first kappa shape index (κ1) is 25.7. The summed E-state index contributed by atoms with van der Waals surface area (Å²) in [4.78, 5) is 18.9. The molecule has 4 saturated carbocycles. The van der Waals surface area contributed by atoms with Crippen molar-refractivity contribution in [1.82, 2.24) is 15.1 Å². The number of carbonyl (C=O) groups is 1. The summed E-state index contributed by atoms with van der Waals surface area (Å²) in [5.41, 5.74) is 0.508. The lowest BCUT2D eigenvalue weighted by atomic mass is 9.52. The predicted octanol–water partition coefficient (Wildman–Crippen LogP) is 4.50. The minimum Gasteiger partial charge on any atom is -0.477 e. The average Bonchev–Trinajstić information content (AvgIpc) is 3.14. The fourth-order valence-electron chi connectivity index (χ4n) is 6.10. The van der Waals surface area contributed by atoms with E-state index in [9.17, 15) is 9.90 Å². The summed E-state index contributed by atoms with van der Waals surface area (Å²) < 4.78 is 7.72. The number of aromatic nitrogens is 2. The zero-order valence-corrected chi connectivity index (χ0v) is 22.1. The van der Waals surface area contributed by atoms with Crippen molar-refractivity contribution in [1.29, 1.82) is 0 Å². The fourth-order valence-corrected chi connectivity index (χ4v) is 6.10. The van der Waals surface area contributed by atoms with Crippen molar-refractivity contribution in [2.45, 2.75) is 85.3 Å². The van der Waals surface area contributed by atoms with Crippen molar-refractivity contribution in [2.75, 3.05) is 13.2 Å². The van der Waals surface area contributed by atoms with E-state index in [0.717, 1.165) is 37.8 Å². The Hall–Kier alpha value is -2.35. The first-order valence-electron chi connectivity index (χ1n) is 13.0. The van der Waals surface area contributed by atoms with Crippen molar-refractivity contribution in [3.8, 4) is 5.88 Å². The Morgan fingerprint density at radius 2 is 2.00 bits per heavy atom. The average molecular weight is 487 g/mol. The molecule has 194 valence electrons. The molecule has 1 heterocycles. The fraction of sp³-hybridized carbons (Fsp3) is 0.741. The van der Waals surface area contributed by atoms with E-state index >= 15 is 0 Å². The summed E-state index contributed by atoms with van der Waals surface area (Å²) in [5.74, 6) is 1.91. The number of nitrogens with one attached hydrogen (secondary N) is 1. The summed E-state index contributed by atoms with van der Waals surface area (Å²) in [5, 5.41) is 22.7. The van der Waals surface area contributed by atoms with Crippen molar-refractivity contribution >= 4 is 17.8 Å². The Labute approximate surface area is 209 Å². The predicted molar refractivity (Wildman–Crippen MR) is 136 cm³/mol. The molecule has 8 heteroatoms. The number of hydrogen-bond acceptors (Lipinski definition) is 6. The van der Waals surface area contributed by atoms with E-state index in [0.29, 0.717) is 48.3 Å². The van der Waals surface area contributed by atoms with E-state index in [4.69, 9.17) is 9.57 Å². The lowest BCUT2D eigenvalue weighted by Gasteiger charge is -2.58. The summed E-state index contributed by atoms with van der Waals surface area (Å²) in [6.07, 6.45) is 10.1. The van der Waals surface area contributed by atoms with Crippen LogP contribution in [0.2, 0.25) is 0 Å². The molecule has 0 spiro atoms. The van der Waals surface area contributed by atoms with Gasteiger partial charge in [-0.25, -0.2) is 4.68 Å². The Bertz CT molecular complexity index is 960. The summed E-state index contributed by atoms with van der Waals surface area (Å²) >= 11 is 0. The highest BCUT2D eigenvalue weighted by Gasteiger charge is 2.55. The third kappa shape index (κ3) is 6.08. The molecule has 2 unspecified atom stereocenters. The minimum absolute atomic E-state index is 0.106. The van der Waals surface area contributed by atoms with Gasteiger partial charge in [0.05, 0.1) is 24.1 Å². The van der Waals surface area contributed by atoms with Gasteiger partial charge in [0.2, 0.25) is 5.88 Å². The lowest BCUT2D eigenvalue weighted by Crippen LogP contribution is -2.61. The van der Waals surface area contributed by atoms with Crippen molar-refractivity contribution < 1.29 is 19.5 Å². The molecule has 1 aromatic heterocycles. The van der Waals surface area contributed by atoms with Gasteiger partial charge in [-0.05, 0) is 69.6 Å². The maximum absolute atomic E-state index is 13.4. The maximum Gasteiger partial charge on any atom is 0.258 e. The normalized spacial score (nSPS) is 29.6. The molecule has 2 N–H and O–H groups in total. The first-order chi connectivity index (χ1) is 16.4. The summed E-state index contributed by atoms with van der Waals surface area (Å²) in [6.45, 7) is 12.9. The Kier molecular flexibility index (Phi) is 7.32. The van der Waals surface area contributed by atoms with Gasteiger partial charge in [-0.15, -0.1) is 0 Å². The molecular formula is C27H42N4O4. The van der Waals surface area contributed by atoms with E-state index in [1.165, 1.54) is 0 Å². The van der Waals surface area contributed by atoms with Gasteiger partial charge < -0.3 is 20.0 Å². The van der Waals surface area contributed by atoms with Gasteiger partial charge in [0.25, 0.3) is 5.91 Å². The molecule has 4 bridgehead atoms. The highest BCUT2D eigenvalue weighted by atomic mass is 16.6. The molecule has 4 aliphatic carbocycles. The molecule has 0 saturated heterocycles. The number of amides is 1. The number of nitrogens with zero attached hydrogens (tertiary/aromatic N) is 3. The SMILES string of the molecule is CC(C)=NOCC(C)(C)C=Cn1ncc(C(=O)NC2C3CC4CC2CC(O)(C4)C3)c1OCC(C)C. The number of carbonyl (C=O) groups excluding carboxylic acids is 1. The number of rotatable bonds is 10. The van der Waals surface area contributed by atoms with Crippen LogP contribution in [0.3, 0.4) is 0 Å². The van der Waals surface area contributed by atoms with E-state index < -0.39 is 5.60 Å². The Morgan fingerprint density at radius 1 is 1.31 bits per heavy atom. The number of oxime groups is 1. The second-order valence-electron chi connectivity index (χ2n) is 12.3. The van der Waals surface area contributed by atoms with E-state index in [1.54, 1.807) is 10.9 Å². The van der Waals surface area contributed by atoms with Gasteiger partial charge >= 0.3 is 0 Å². The third-order valence-corrected chi connectivity index (χ3v) is 7.44. The topological polar surface area (TPSA) is 98.0 Å². The summed E-state index contributed by atoms with van der Waals surface area (Å²) in [6, 6.07) is 0.106.